The molecule has 0 aliphatic carbocycles. The number of hydrogen-bond donors (Lipinski definition) is 0. The van der Waals surface area contributed by atoms with Gasteiger partial charge in [-0.05, 0) is 65.9 Å². The monoisotopic (exact) mass is 532 g/mol. The molecule has 202 valence electrons. The molecule has 0 saturated heterocycles. The summed E-state index contributed by atoms with van der Waals surface area (Å²) in [6, 6.07) is 21.6. The van der Waals surface area contributed by atoms with Crippen LogP contribution in [0.3, 0.4) is 0 Å². The van der Waals surface area contributed by atoms with Gasteiger partial charge in [-0.1, -0.05) is 55.8 Å². The number of ether oxygens (including phenoxy) is 3. The van der Waals surface area contributed by atoms with Crippen molar-refractivity contribution in [2.75, 3.05) is 13.2 Å². The van der Waals surface area contributed by atoms with Gasteiger partial charge in [0.1, 0.15) is 23.9 Å². The standard InChI is InChI=1S/C33H31F3O3/c1-3-5-19-37-26-13-11-25(12-14-26)29-17-18-31(33(36)32(29)35)39-22-23-7-9-24(10-8-23)28-16-15-27(21-30(28)34)38-20-6-4-2/h4,7-18,21H,2-3,5-6,19-20,22H2,1H3. The minimum Gasteiger partial charge on any atom is -0.494 e. The topological polar surface area (TPSA) is 27.7 Å². The predicted octanol–water partition coefficient (Wildman–Crippen LogP) is 9.15. The molecule has 0 aliphatic rings. The van der Waals surface area contributed by atoms with Crippen LogP contribution in [0.4, 0.5) is 13.2 Å². The molecule has 0 spiro atoms. The van der Waals surface area contributed by atoms with Gasteiger partial charge < -0.3 is 14.2 Å². The number of rotatable bonds is 13. The summed E-state index contributed by atoms with van der Waals surface area (Å²) in [6.45, 7) is 6.79. The Morgan fingerprint density at radius 1 is 0.692 bits per heavy atom. The van der Waals surface area contributed by atoms with Crippen molar-refractivity contribution >= 4 is 0 Å². The van der Waals surface area contributed by atoms with Gasteiger partial charge >= 0.3 is 0 Å². The van der Waals surface area contributed by atoms with E-state index in [9.17, 15) is 13.2 Å². The van der Waals surface area contributed by atoms with Crippen molar-refractivity contribution in [3.63, 3.8) is 0 Å². The zero-order valence-electron chi connectivity index (χ0n) is 21.9. The van der Waals surface area contributed by atoms with Crippen LogP contribution < -0.4 is 14.2 Å². The second-order valence-electron chi connectivity index (χ2n) is 9.02. The van der Waals surface area contributed by atoms with Gasteiger partial charge in [0.2, 0.25) is 5.82 Å². The first kappa shape index (κ1) is 27.8. The molecule has 0 N–H and O–H groups in total. The molecule has 0 bridgehead atoms. The van der Waals surface area contributed by atoms with Crippen molar-refractivity contribution in [3.8, 4) is 39.5 Å². The average molecular weight is 533 g/mol. The first-order valence-electron chi connectivity index (χ1n) is 13.0. The van der Waals surface area contributed by atoms with Crippen molar-refractivity contribution in [1.29, 1.82) is 0 Å². The highest BCUT2D eigenvalue weighted by Gasteiger charge is 2.16. The lowest BCUT2D eigenvalue weighted by atomic mass is 10.0. The minimum absolute atomic E-state index is 0.0261. The van der Waals surface area contributed by atoms with E-state index in [1.807, 2.05) is 0 Å². The summed E-state index contributed by atoms with van der Waals surface area (Å²) >= 11 is 0. The molecule has 0 heterocycles. The fourth-order valence-electron chi connectivity index (χ4n) is 3.95. The van der Waals surface area contributed by atoms with Crippen LogP contribution >= 0.6 is 0 Å². The summed E-state index contributed by atoms with van der Waals surface area (Å²) in [7, 11) is 0. The maximum absolute atomic E-state index is 14.9. The molecule has 0 saturated carbocycles. The Labute approximate surface area is 227 Å². The SMILES string of the molecule is C=CCCOc1ccc(-c2ccc(COc3ccc(-c4ccc(OCCCC)cc4)c(F)c3F)cc2)c(F)c1. The van der Waals surface area contributed by atoms with Gasteiger partial charge in [-0.25, -0.2) is 8.78 Å². The van der Waals surface area contributed by atoms with Gasteiger partial charge in [0.15, 0.2) is 11.6 Å². The van der Waals surface area contributed by atoms with Crippen LogP contribution in [0.5, 0.6) is 17.2 Å². The second kappa shape index (κ2) is 13.6. The summed E-state index contributed by atoms with van der Waals surface area (Å²) in [4.78, 5) is 0. The first-order chi connectivity index (χ1) is 19.0. The van der Waals surface area contributed by atoms with E-state index < -0.39 is 17.5 Å². The van der Waals surface area contributed by atoms with Crippen LogP contribution in [0.25, 0.3) is 22.3 Å². The van der Waals surface area contributed by atoms with E-state index in [4.69, 9.17) is 14.2 Å². The molecular formula is C33H31F3O3. The van der Waals surface area contributed by atoms with Crippen molar-refractivity contribution in [3.05, 3.63) is 115 Å². The molecule has 4 rings (SSSR count). The van der Waals surface area contributed by atoms with Gasteiger partial charge in [-0.15, -0.1) is 6.58 Å². The van der Waals surface area contributed by atoms with Crippen molar-refractivity contribution in [2.45, 2.75) is 32.8 Å². The third-order valence-electron chi connectivity index (χ3n) is 6.17. The van der Waals surface area contributed by atoms with Gasteiger partial charge in [0.05, 0.1) is 13.2 Å². The molecule has 4 aromatic carbocycles. The molecule has 0 unspecified atom stereocenters. The summed E-state index contributed by atoms with van der Waals surface area (Å²) in [5.74, 6) is -1.46. The molecule has 0 aliphatic heterocycles. The van der Waals surface area contributed by atoms with E-state index in [2.05, 4.69) is 13.5 Å². The molecule has 39 heavy (non-hydrogen) atoms. The largest absolute Gasteiger partial charge is 0.494 e. The molecule has 0 radical (unpaired) electrons. The highest BCUT2D eigenvalue weighted by molar-refractivity contribution is 5.66. The first-order valence-corrected chi connectivity index (χ1v) is 13.0. The summed E-state index contributed by atoms with van der Waals surface area (Å²) in [5.41, 5.74) is 2.52. The Kier molecular flexibility index (Phi) is 9.68. The fourth-order valence-corrected chi connectivity index (χ4v) is 3.95. The van der Waals surface area contributed by atoms with Crippen molar-refractivity contribution in [2.24, 2.45) is 0 Å². The average Bonchev–Trinajstić information content (AvgIpc) is 2.95. The van der Waals surface area contributed by atoms with E-state index in [1.165, 1.54) is 18.2 Å². The normalized spacial score (nSPS) is 10.8. The molecule has 0 aromatic heterocycles. The molecule has 0 atom stereocenters. The predicted molar refractivity (Wildman–Crippen MR) is 149 cm³/mol. The number of halogens is 3. The Balaban J connectivity index is 1.39. The minimum atomic E-state index is -1.05. The zero-order chi connectivity index (χ0) is 27.6. The summed E-state index contributed by atoms with van der Waals surface area (Å²) < 4.78 is 61.0. The summed E-state index contributed by atoms with van der Waals surface area (Å²) in [6.07, 6.45) is 4.40. The molecule has 3 nitrogen and oxygen atoms in total. The smallest absolute Gasteiger partial charge is 0.201 e. The number of unbranched alkanes of at least 4 members (excludes halogenated alkanes) is 1. The van der Waals surface area contributed by atoms with Crippen LogP contribution in [0.2, 0.25) is 0 Å². The molecule has 0 amide bonds. The second-order valence-corrected chi connectivity index (χ2v) is 9.02. The fraction of sp³-hybridized carbons (Fsp3) is 0.212. The maximum Gasteiger partial charge on any atom is 0.201 e. The van der Waals surface area contributed by atoms with Gasteiger partial charge in [0, 0.05) is 17.2 Å². The van der Waals surface area contributed by atoms with Crippen molar-refractivity contribution < 1.29 is 27.4 Å². The van der Waals surface area contributed by atoms with Crippen LogP contribution in [-0.4, -0.2) is 13.2 Å². The number of benzene rings is 4. The Morgan fingerprint density at radius 3 is 2.03 bits per heavy atom. The van der Waals surface area contributed by atoms with Crippen LogP contribution in [-0.2, 0) is 6.61 Å². The quantitative estimate of drug-likeness (QED) is 0.127. The van der Waals surface area contributed by atoms with E-state index >= 15 is 0 Å². The van der Waals surface area contributed by atoms with Crippen molar-refractivity contribution in [1.82, 2.24) is 0 Å². The lowest BCUT2D eigenvalue weighted by Crippen LogP contribution is -2.00. The zero-order valence-corrected chi connectivity index (χ0v) is 21.9. The Hall–Kier alpha value is -4.19. The molecule has 0 fully saturated rings. The van der Waals surface area contributed by atoms with E-state index in [1.54, 1.807) is 66.7 Å². The molecular weight excluding hydrogens is 501 g/mol. The number of hydrogen-bond acceptors (Lipinski definition) is 3. The van der Waals surface area contributed by atoms with Gasteiger partial charge in [-0.2, -0.15) is 4.39 Å². The van der Waals surface area contributed by atoms with Crippen LogP contribution in [0.1, 0.15) is 31.7 Å². The molecule has 6 heteroatoms. The van der Waals surface area contributed by atoms with E-state index in [-0.39, 0.29) is 17.9 Å². The highest BCUT2D eigenvalue weighted by Crippen LogP contribution is 2.32. The summed E-state index contributed by atoms with van der Waals surface area (Å²) in [5, 5.41) is 0. The van der Waals surface area contributed by atoms with E-state index in [0.29, 0.717) is 47.8 Å². The van der Waals surface area contributed by atoms with Gasteiger partial charge in [0.25, 0.3) is 0 Å². The Morgan fingerprint density at radius 2 is 1.33 bits per heavy atom. The lowest BCUT2D eigenvalue weighted by Gasteiger charge is -2.12. The third kappa shape index (κ3) is 7.23. The lowest BCUT2D eigenvalue weighted by molar-refractivity contribution is 0.285. The van der Waals surface area contributed by atoms with Crippen LogP contribution in [0, 0.1) is 17.5 Å². The maximum atomic E-state index is 14.9. The third-order valence-corrected chi connectivity index (χ3v) is 6.17. The highest BCUT2D eigenvalue weighted by atomic mass is 19.2. The van der Waals surface area contributed by atoms with Gasteiger partial charge in [-0.3, -0.25) is 0 Å². The van der Waals surface area contributed by atoms with E-state index in [0.717, 1.165) is 18.4 Å². The Bertz CT molecular complexity index is 1380. The molecule has 4 aromatic rings. The van der Waals surface area contributed by atoms with Crippen LogP contribution in [0.15, 0.2) is 91.5 Å².